The number of imidazole rings is 1. The third-order valence-electron chi connectivity index (χ3n) is 11.5. The Hall–Kier alpha value is -4.63. The lowest BCUT2D eigenvalue weighted by Crippen LogP contribution is -2.41. The van der Waals surface area contributed by atoms with Crippen molar-refractivity contribution in [3.63, 3.8) is 0 Å². The Kier molecular flexibility index (Phi) is 6.41. The van der Waals surface area contributed by atoms with E-state index in [1.165, 1.54) is 23.9 Å². The van der Waals surface area contributed by atoms with E-state index in [1.807, 2.05) is 30.1 Å². The van der Waals surface area contributed by atoms with Gasteiger partial charge in [-0.1, -0.05) is 32.0 Å². The summed E-state index contributed by atoms with van der Waals surface area (Å²) in [4.78, 5) is 33.2. The first-order valence-corrected chi connectivity index (χ1v) is 17.3. The van der Waals surface area contributed by atoms with Gasteiger partial charge in [0.25, 0.3) is 5.91 Å². The summed E-state index contributed by atoms with van der Waals surface area (Å²) in [5, 5.41) is 4.21. The molecule has 246 valence electrons. The number of likely N-dealkylation sites (tertiary alicyclic amines) is 1. The predicted molar refractivity (Wildman–Crippen MR) is 188 cm³/mol. The molecule has 3 atom stereocenters. The van der Waals surface area contributed by atoms with Gasteiger partial charge in [-0.25, -0.2) is 4.98 Å². The molecule has 2 aromatic heterocycles. The predicted octanol–water partition coefficient (Wildman–Crippen LogP) is 6.46. The quantitative estimate of drug-likeness (QED) is 0.221. The van der Waals surface area contributed by atoms with Crippen molar-refractivity contribution >= 4 is 39.4 Å². The molecule has 3 aromatic carbocycles. The maximum atomic E-state index is 13.8. The number of aromatic nitrogens is 3. The Balaban J connectivity index is 1.14. The molecular formula is C39H42N6O3. The van der Waals surface area contributed by atoms with Crippen molar-refractivity contribution in [2.45, 2.75) is 70.0 Å². The van der Waals surface area contributed by atoms with Crippen molar-refractivity contribution < 1.29 is 14.3 Å². The molecule has 48 heavy (non-hydrogen) atoms. The number of nitrogens with one attached hydrogen (secondary N) is 1. The standard InChI is InChI=1S/C39H42N6O3/c1-39(2)18-34(46)41-28-11-9-22(13-27(28)39)23-7-8-24-16-32(44(31(24)15-23)19-21-5-6-21)37-42-29-14-26(17-33(48-4)36(29)43(37)3)38(47)45-20-25-10-12-30(45)35(25)40/h7-9,11,13-17,21,25,30,35H,5-6,10,12,18-20,40H2,1-4H3,(H,41,46). The molecule has 1 saturated heterocycles. The highest BCUT2D eigenvalue weighted by molar-refractivity contribution is 6.01. The molecule has 5 aromatic rings. The molecule has 4 heterocycles. The van der Waals surface area contributed by atoms with Crippen molar-refractivity contribution in [3.8, 4) is 28.4 Å². The highest BCUT2D eigenvalue weighted by atomic mass is 16.5. The van der Waals surface area contributed by atoms with Gasteiger partial charge in [-0.3, -0.25) is 9.59 Å². The maximum absolute atomic E-state index is 13.8. The van der Waals surface area contributed by atoms with Gasteiger partial charge in [0.05, 0.1) is 18.3 Å². The van der Waals surface area contributed by atoms with Crippen LogP contribution in [0.3, 0.4) is 0 Å². The fourth-order valence-corrected chi connectivity index (χ4v) is 8.72. The zero-order valence-corrected chi connectivity index (χ0v) is 28.0. The zero-order valence-electron chi connectivity index (χ0n) is 28.0. The molecular weight excluding hydrogens is 600 g/mol. The normalized spacial score (nSPS) is 22.8. The van der Waals surface area contributed by atoms with Crippen molar-refractivity contribution in [2.24, 2.45) is 24.6 Å². The molecule has 2 aliphatic carbocycles. The second-order valence-corrected chi connectivity index (χ2v) is 15.2. The number of aryl methyl sites for hydroxylation is 1. The third kappa shape index (κ3) is 4.50. The fraction of sp³-hybridized carbons (Fsp3) is 0.410. The summed E-state index contributed by atoms with van der Waals surface area (Å²) in [6.07, 6.45) is 5.01. The van der Waals surface area contributed by atoms with Crippen LogP contribution < -0.4 is 15.8 Å². The number of nitrogens with zero attached hydrogens (tertiary/aromatic N) is 4. The number of anilines is 1. The monoisotopic (exact) mass is 642 g/mol. The number of carbonyl (C=O) groups excluding carboxylic acids is 2. The van der Waals surface area contributed by atoms with Gasteiger partial charge < -0.3 is 29.8 Å². The minimum Gasteiger partial charge on any atom is -0.494 e. The Morgan fingerprint density at radius 1 is 1.04 bits per heavy atom. The van der Waals surface area contributed by atoms with Crippen LogP contribution in [0.15, 0.2) is 54.6 Å². The minimum absolute atomic E-state index is 0.00776. The van der Waals surface area contributed by atoms with E-state index in [9.17, 15) is 9.59 Å². The van der Waals surface area contributed by atoms with Gasteiger partial charge in [-0.05, 0) is 90.6 Å². The Morgan fingerprint density at radius 2 is 1.83 bits per heavy atom. The van der Waals surface area contributed by atoms with Crippen LogP contribution in [0.5, 0.6) is 5.75 Å². The molecule has 9 nitrogen and oxygen atoms in total. The van der Waals surface area contributed by atoms with Crippen molar-refractivity contribution in [1.82, 2.24) is 19.0 Å². The number of ether oxygens (including phenoxy) is 1. The van der Waals surface area contributed by atoms with Gasteiger partial charge >= 0.3 is 0 Å². The zero-order chi connectivity index (χ0) is 33.1. The summed E-state index contributed by atoms with van der Waals surface area (Å²) < 4.78 is 10.4. The molecule has 2 bridgehead atoms. The van der Waals surface area contributed by atoms with Crippen LogP contribution in [-0.4, -0.2) is 56.6 Å². The molecule has 3 unspecified atom stereocenters. The van der Waals surface area contributed by atoms with E-state index in [-0.39, 0.29) is 29.3 Å². The second kappa shape index (κ2) is 10.4. The van der Waals surface area contributed by atoms with Crippen LogP contribution in [-0.2, 0) is 23.8 Å². The summed E-state index contributed by atoms with van der Waals surface area (Å²) in [6, 6.07) is 19.3. The van der Waals surface area contributed by atoms with E-state index < -0.39 is 0 Å². The van der Waals surface area contributed by atoms with Gasteiger partial charge in [-0.15, -0.1) is 0 Å². The maximum Gasteiger partial charge on any atom is 0.254 e. The van der Waals surface area contributed by atoms with E-state index in [4.69, 9.17) is 15.5 Å². The number of nitrogens with two attached hydrogens (primary N) is 1. The van der Waals surface area contributed by atoms with Crippen LogP contribution in [0.1, 0.15) is 61.9 Å². The Morgan fingerprint density at radius 3 is 2.56 bits per heavy atom. The number of carbonyl (C=O) groups is 2. The van der Waals surface area contributed by atoms with Crippen LogP contribution in [0.2, 0.25) is 0 Å². The lowest BCUT2D eigenvalue weighted by molar-refractivity contribution is -0.117. The van der Waals surface area contributed by atoms with Crippen LogP contribution in [0.25, 0.3) is 44.6 Å². The highest BCUT2D eigenvalue weighted by Gasteiger charge is 2.47. The first-order chi connectivity index (χ1) is 23.1. The molecule has 2 saturated carbocycles. The van der Waals surface area contributed by atoms with Crippen LogP contribution in [0, 0.1) is 11.8 Å². The van der Waals surface area contributed by atoms with Crippen molar-refractivity contribution in [1.29, 1.82) is 0 Å². The minimum atomic E-state index is -0.232. The Bertz CT molecular complexity index is 2170. The van der Waals surface area contributed by atoms with Crippen molar-refractivity contribution in [2.75, 3.05) is 19.0 Å². The molecule has 0 radical (unpaired) electrons. The number of hydrogen-bond acceptors (Lipinski definition) is 5. The largest absolute Gasteiger partial charge is 0.494 e. The average molecular weight is 643 g/mol. The van der Waals surface area contributed by atoms with Crippen LogP contribution >= 0.6 is 0 Å². The first kappa shape index (κ1) is 29.5. The number of methoxy groups -OCH3 is 1. The molecule has 4 aliphatic rings. The van der Waals surface area contributed by atoms with Crippen molar-refractivity contribution in [3.05, 3.63) is 65.7 Å². The summed E-state index contributed by atoms with van der Waals surface area (Å²) in [5.41, 5.74) is 15.0. The van der Waals surface area contributed by atoms with Crippen LogP contribution in [0.4, 0.5) is 5.69 Å². The smallest absolute Gasteiger partial charge is 0.254 e. The molecule has 3 N–H and O–H groups in total. The molecule has 3 fully saturated rings. The summed E-state index contributed by atoms with van der Waals surface area (Å²) in [6.45, 7) is 5.93. The van der Waals surface area contributed by atoms with Gasteiger partial charge in [-0.2, -0.15) is 0 Å². The van der Waals surface area contributed by atoms with E-state index in [1.54, 1.807) is 7.11 Å². The SMILES string of the molecule is COc1cc(C(=O)N2CC3CCC2C3N)cc2nc(-c3cc4ccc(-c5ccc6c(c5)C(C)(C)CC(=O)N6)cc4n3CC3CC3)n(C)c12. The summed E-state index contributed by atoms with van der Waals surface area (Å²) >= 11 is 0. The first-order valence-electron chi connectivity index (χ1n) is 17.3. The number of rotatable bonds is 6. The number of hydrogen-bond donors (Lipinski definition) is 2. The number of piperidine rings is 1. The topological polar surface area (TPSA) is 107 Å². The summed E-state index contributed by atoms with van der Waals surface area (Å²) in [7, 11) is 3.69. The summed E-state index contributed by atoms with van der Waals surface area (Å²) in [5.74, 6) is 2.60. The second-order valence-electron chi connectivity index (χ2n) is 15.2. The lowest BCUT2D eigenvalue weighted by atomic mass is 9.77. The van der Waals surface area contributed by atoms with Gasteiger partial charge in [0.2, 0.25) is 5.91 Å². The fourth-order valence-electron chi connectivity index (χ4n) is 8.72. The average Bonchev–Trinajstić information content (AvgIpc) is 3.47. The van der Waals surface area contributed by atoms with Gasteiger partial charge in [0, 0.05) is 66.2 Å². The third-order valence-corrected chi connectivity index (χ3v) is 11.5. The number of fused-ring (bicyclic) bond motifs is 5. The van der Waals surface area contributed by atoms with E-state index in [0.717, 1.165) is 70.7 Å². The van der Waals surface area contributed by atoms with E-state index in [0.29, 0.717) is 29.6 Å². The molecule has 2 aliphatic heterocycles. The molecule has 9 rings (SSSR count). The highest BCUT2D eigenvalue weighted by Crippen LogP contribution is 2.42. The molecule has 2 amide bonds. The van der Waals surface area contributed by atoms with Gasteiger partial charge in [0.1, 0.15) is 11.3 Å². The Labute approximate surface area is 280 Å². The van der Waals surface area contributed by atoms with E-state index in [2.05, 4.69) is 64.7 Å². The van der Waals surface area contributed by atoms with E-state index >= 15 is 0 Å². The molecule has 9 heteroatoms. The lowest BCUT2D eigenvalue weighted by Gasteiger charge is -2.32. The van der Waals surface area contributed by atoms with Gasteiger partial charge in [0.15, 0.2) is 5.82 Å². The molecule has 0 spiro atoms. The number of amides is 2. The number of benzene rings is 3.